The van der Waals surface area contributed by atoms with Crippen LogP contribution in [0.3, 0.4) is 0 Å². The summed E-state index contributed by atoms with van der Waals surface area (Å²) in [4.78, 5) is 8.25. The molecule has 7 nitrogen and oxygen atoms in total. The maximum Gasteiger partial charge on any atom is 0.573 e. The van der Waals surface area contributed by atoms with Gasteiger partial charge in [0.25, 0.3) is 9.05 Å². The van der Waals surface area contributed by atoms with Crippen LogP contribution in [0.4, 0.5) is 18.9 Å². The van der Waals surface area contributed by atoms with Gasteiger partial charge in [0, 0.05) is 16.7 Å². The minimum absolute atomic E-state index is 0.370. The van der Waals surface area contributed by atoms with Crippen LogP contribution < -0.4 is 9.47 Å². The van der Waals surface area contributed by atoms with E-state index >= 15 is 0 Å². The van der Waals surface area contributed by atoms with E-state index < -0.39 is 36.7 Å². The van der Waals surface area contributed by atoms with Crippen molar-refractivity contribution in [2.24, 2.45) is 0 Å². The second kappa shape index (κ2) is 5.32. The molecule has 0 radical (unpaired) electrons. The van der Waals surface area contributed by atoms with Crippen molar-refractivity contribution in [2.45, 2.75) is 11.3 Å². The Kier molecular flexibility index (Phi) is 4.34. The summed E-state index contributed by atoms with van der Waals surface area (Å²) in [6.07, 6.45) is -5.34. The van der Waals surface area contributed by atoms with E-state index in [1.165, 1.54) is 0 Å². The first-order chi connectivity index (χ1) is 8.95. The van der Waals surface area contributed by atoms with Gasteiger partial charge in [-0.1, -0.05) is 0 Å². The van der Waals surface area contributed by atoms with Gasteiger partial charge in [-0.2, -0.15) is 0 Å². The minimum Gasteiger partial charge on any atom is -0.496 e. The van der Waals surface area contributed by atoms with Crippen LogP contribution in [0.25, 0.3) is 0 Å². The highest BCUT2D eigenvalue weighted by Gasteiger charge is 2.38. The van der Waals surface area contributed by atoms with Crippen LogP contribution in [0.15, 0.2) is 17.0 Å². The molecule has 20 heavy (non-hydrogen) atoms. The van der Waals surface area contributed by atoms with Gasteiger partial charge in [0.1, 0.15) is 10.6 Å². The fraction of sp³-hybridized carbons (Fsp3) is 0.250. The second-order valence-corrected chi connectivity index (χ2v) is 5.75. The van der Waals surface area contributed by atoms with Gasteiger partial charge in [-0.05, 0) is 0 Å². The number of benzene rings is 1. The lowest BCUT2D eigenvalue weighted by Crippen LogP contribution is -2.19. The predicted octanol–water partition coefficient (Wildman–Crippen LogP) is 2.43. The standard InChI is InChI=1S/C8H5ClF3NO6S/c1-18-4-2-5(13(14)15)7(19-8(10,11)12)6(3-4)20(9,16)17/h2-3H,1H3. The quantitative estimate of drug-likeness (QED) is 0.476. The molecule has 112 valence electrons. The Bertz CT molecular complexity index is 644. The average molecular weight is 336 g/mol. The molecule has 0 amide bonds. The van der Waals surface area contributed by atoms with Gasteiger partial charge >= 0.3 is 12.0 Å². The summed E-state index contributed by atoms with van der Waals surface area (Å²) in [7, 11) is 1.25. The molecule has 0 aromatic heterocycles. The molecule has 0 spiro atoms. The van der Waals surface area contributed by atoms with Crippen molar-refractivity contribution in [3.63, 3.8) is 0 Å². The van der Waals surface area contributed by atoms with Crippen molar-refractivity contribution >= 4 is 25.4 Å². The normalized spacial score (nSPS) is 12.1. The Morgan fingerprint density at radius 1 is 1.35 bits per heavy atom. The van der Waals surface area contributed by atoms with Gasteiger partial charge in [-0.15, -0.1) is 13.2 Å². The zero-order chi connectivity index (χ0) is 15.7. The first-order valence-corrected chi connectivity index (χ1v) is 6.83. The Hall–Kier alpha value is -1.75. The molecule has 0 fully saturated rings. The highest BCUT2D eigenvalue weighted by molar-refractivity contribution is 8.13. The van der Waals surface area contributed by atoms with Crippen molar-refractivity contribution < 1.29 is 36.0 Å². The lowest BCUT2D eigenvalue weighted by Gasteiger charge is -2.13. The number of methoxy groups -OCH3 is 1. The zero-order valence-electron chi connectivity index (χ0n) is 9.47. The third-order valence-corrected chi connectivity index (χ3v) is 3.25. The van der Waals surface area contributed by atoms with Crippen molar-refractivity contribution in [3.8, 4) is 11.5 Å². The first kappa shape index (κ1) is 16.3. The summed E-state index contributed by atoms with van der Waals surface area (Å²) in [6, 6.07) is 1.16. The summed E-state index contributed by atoms with van der Waals surface area (Å²) in [6.45, 7) is 0. The summed E-state index contributed by atoms with van der Waals surface area (Å²) >= 11 is 0. The molecule has 1 aromatic rings. The van der Waals surface area contributed by atoms with Crippen LogP contribution in [0, 0.1) is 10.1 Å². The lowest BCUT2D eigenvalue weighted by molar-refractivity contribution is -0.389. The molecule has 0 unspecified atom stereocenters. The molecule has 12 heteroatoms. The Labute approximate surface area is 114 Å². The molecule has 0 atom stereocenters. The number of hydrogen-bond acceptors (Lipinski definition) is 6. The number of halogens is 4. The van der Waals surface area contributed by atoms with Crippen molar-refractivity contribution in [3.05, 3.63) is 22.2 Å². The third kappa shape index (κ3) is 3.87. The van der Waals surface area contributed by atoms with Crippen LogP contribution in [-0.2, 0) is 9.05 Å². The molecule has 1 rings (SSSR count). The predicted molar refractivity (Wildman–Crippen MR) is 59.4 cm³/mol. The Morgan fingerprint density at radius 2 is 1.90 bits per heavy atom. The number of ether oxygens (including phenoxy) is 2. The fourth-order valence-electron chi connectivity index (χ4n) is 1.22. The first-order valence-electron chi connectivity index (χ1n) is 4.52. The molecule has 0 saturated heterocycles. The smallest absolute Gasteiger partial charge is 0.496 e. The number of hydrogen-bond donors (Lipinski definition) is 0. The van der Waals surface area contributed by atoms with Gasteiger partial charge < -0.3 is 9.47 Å². The van der Waals surface area contributed by atoms with Crippen molar-refractivity contribution in [1.29, 1.82) is 0 Å². The van der Waals surface area contributed by atoms with Crippen molar-refractivity contribution in [2.75, 3.05) is 7.11 Å². The van der Waals surface area contributed by atoms with Gasteiger partial charge in [-0.3, -0.25) is 10.1 Å². The van der Waals surface area contributed by atoms with E-state index in [4.69, 9.17) is 10.7 Å². The molecule has 0 aliphatic rings. The molecule has 0 aliphatic carbocycles. The number of rotatable bonds is 4. The van der Waals surface area contributed by atoms with E-state index in [2.05, 4.69) is 9.47 Å². The molecule has 1 aromatic carbocycles. The molecular formula is C8H5ClF3NO6S. The van der Waals surface area contributed by atoms with Crippen molar-refractivity contribution in [1.82, 2.24) is 0 Å². The van der Waals surface area contributed by atoms with Gasteiger partial charge in [-0.25, -0.2) is 8.42 Å². The van der Waals surface area contributed by atoms with E-state index in [0.717, 1.165) is 7.11 Å². The molecule has 0 heterocycles. The van der Waals surface area contributed by atoms with Crippen LogP contribution >= 0.6 is 10.7 Å². The molecule has 0 bridgehead atoms. The maximum absolute atomic E-state index is 12.2. The fourth-order valence-corrected chi connectivity index (χ4v) is 2.18. The number of alkyl halides is 3. The van der Waals surface area contributed by atoms with Gasteiger partial charge in [0.2, 0.25) is 5.75 Å². The SMILES string of the molecule is COc1cc([N+](=O)[O-])c(OC(F)(F)F)c(S(=O)(=O)Cl)c1. The van der Waals surface area contributed by atoms with Gasteiger partial charge in [0.15, 0.2) is 0 Å². The highest BCUT2D eigenvalue weighted by Crippen LogP contribution is 2.42. The van der Waals surface area contributed by atoms with E-state index in [1.54, 1.807) is 0 Å². The molecule has 0 saturated carbocycles. The molecule has 0 N–H and O–H groups in total. The van der Waals surface area contributed by atoms with Crippen LogP contribution in [0.5, 0.6) is 11.5 Å². The molecule has 0 aliphatic heterocycles. The summed E-state index contributed by atoms with van der Waals surface area (Å²) in [5, 5.41) is 10.7. The van der Waals surface area contributed by atoms with Crippen LogP contribution in [-0.4, -0.2) is 26.8 Å². The number of nitrogens with zero attached hydrogens (tertiary/aromatic N) is 1. The monoisotopic (exact) mass is 335 g/mol. The van der Waals surface area contributed by atoms with Crippen LogP contribution in [0.1, 0.15) is 0 Å². The summed E-state index contributed by atoms with van der Waals surface area (Å²) in [5.74, 6) is -1.90. The lowest BCUT2D eigenvalue weighted by atomic mass is 10.3. The van der Waals surface area contributed by atoms with E-state index in [9.17, 15) is 31.7 Å². The van der Waals surface area contributed by atoms with E-state index in [0.29, 0.717) is 12.1 Å². The minimum atomic E-state index is -5.34. The van der Waals surface area contributed by atoms with Crippen LogP contribution in [0.2, 0.25) is 0 Å². The molecular weight excluding hydrogens is 331 g/mol. The topological polar surface area (TPSA) is 95.7 Å². The zero-order valence-corrected chi connectivity index (χ0v) is 11.0. The number of nitro benzene ring substituents is 1. The second-order valence-electron chi connectivity index (χ2n) is 3.22. The van der Waals surface area contributed by atoms with Gasteiger partial charge in [0.05, 0.1) is 18.1 Å². The summed E-state index contributed by atoms with van der Waals surface area (Å²) in [5.41, 5.74) is -1.25. The van der Waals surface area contributed by atoms with E-state index in [-0.39, 0.29) is 5.75 Å². The number of nitro groups is 1. The average Bonchev–Trinajstić information content (AvgIpc) is 2.25. The highest BCUT2D eigenvalue weighted by atomic mass is 35.7. The largest absolute Gasteiger partial charge is 0.573 e. The maximum atomic E-state index is 12.2. The Morgan fingerprint density at radius 3 is 2.25 bits per heavy atom. The third-order valence-electron chi connectivity index (χ3n) is 1.92. The van der Waals surface area contributed by atoms with E-state index in [1.807, 2.05) is 0 Å². The summed E-state index contributed by atoms with van der Waals surface area (Å²) < 4.78 is 67.1. The Balaban J connectivity index is 3.70.